The third-order valence-corrected chi connectivity index (χ3v) is 4.16. The molecule has 0 bridgehead atoms. The van der Waals surface area contributed by atoms with Crippen molar-refractivity contribution in [3.05, 3.63) is 48.4 Å². The van der Waals surface area contributed by atoms with Crippen LogP contribution in [0, 0.1) is 5.82 Å². The molecule has 3 aromatic rings. The van der Waals surface area contributed by atoms with Gasteiger partial charge in [-0.25, -0.2) is 9.37 Å². The molecule has 0 radical (unpaired) electrons. The van der Waals surface area contributed by atoms with Crippen LogP contribution < -0.4 is 10.6 Å². The van der Waals surface area contributed by atoms with Gasteiger partial charge in [0.25, 0.3) is 0 Å². The van der Waals surface area contributed by atoms with Crippen molar-refractivity contribution in [3.8, 4) is 11.3 Å². The van der Waals surface area contributed by atoms with Gasteiger partial charge in [-0.05, 0) is 31.5 Å². The van der Waals surface area contributed by atoms with Crippen LogP contribution >= 0.6 is 12.4 Å². The van der Waals surface area contributed by atoms with Crippen LogP contribution in [0.2, 0.25) is 0 Å². The molecule has 24 heavy (non-hydrogen) atoms. The van der Waals surface area contributed by atoms with Crippen LogP contribution in [-0.2, 0) is 0 Å². The Morgan fingerprint density at radius 2 is 2.12 bits per heavy atom. The first-order valence-electron chi connectivity index (χ1n) is 7.88. The van der Waals surface area contributed by atoms with E-state index in [0.717, 1.165) is 31.7 Å². The summed E-state index contributed by atoms with van der Waals surface area (Å²) in [6, 6.07) is 10.7. The molecule has 0 aliphatic carbocycles. The number of nitrogens with zero attached hydrogens (tertiary/aromatic N) is 3. The molecule has 4 rings (SSSR count). The molecule has 0 unspecified atom stereocenters. The van der Waals surface area contributed by atoms with E-state index >= 15 is 0 Å². The van der Waals surface area contributed by atoms with E-state index in [1.807, 2.05) is 18.2 Å². The van der Waals surface area contributed by atoms with Gasteiger partial charge in [0.15, 0.2) is 5.65 Å². The topological polar surface area (TPSA) is 54.2 Å². The second-order valence-corrected chi connectivity index (χ2v) is 5.80. The summed E-state index contributed by atoms with van der Waals surface area (Å²) in [5.41, 5.74) is 1.82. The van der Waals surface area contributed by atoms with Crippen LogP contribution in [0.5, 0.6) is 0 Å². The zero-order valence-corrected chi connectivity index (χ0v) is 13.9. The molecule has 1 fully saturated rings. The number of nitrogens with one attached hydrogen (secondary N) is 2. The van der Waals surface area contributed by atoms with Crippen LogP contribution in [0.15, 0.2) is 42.6 Å². The van der Waals surface area contributed by atoms with Gasteiger partial charge in [0.05, 0.1) is 11.9 Å². The molecule has 1 saturated heterocycles. The Labute approximate surface area is 145 Å². The van der Waals surface area contributed by atoms with E-state index in [0.29, 0.717) is 22.9 Å². The summed E-state index contributed by atoms with van der Waals surface area (Å²) in [5.74, 6) is 0.570. The van der Waals surface area contributed by atoms with Crippen LogP contribution in [-0.4, -0.2) is 33.7 Å². The number of aromatic nitrogens is 3. The number of hydrogen-bond donors (Lipinski definition) is 2. The van der Waals surface area contributed by atoms with Crippen molar-refractivity contribution in [1.29, 1.82) is 0 Å². The van der Waals surface area contributed by atoms with E-state index in [4.69, 9.17) is 0 Å². The molecule has 0 amide bonds. The van der Waals surface area contributed by atoms with E-state index in [1.54, 1.807) is 22.8 Å². The van der Waals surface area contributed by atoms with Gasteiger partial charge in [-0.2, -0.15) is 9.61 Å². The van der Waals surface area contributed by atoms with E-state index in [2.05, 4.69) is 20.7 Å². The molecular weight excluding hydrogens is 329 g/mol. The van der Waals surface area contributed by atoms with Gasteiger partial charge in [0.2, 0.25) is 0 Å². The molecule has 7 heteroatoms. The maximum Gasteiger partial charge on any atom is 0.157 e. The Hall–Kier alpha value is -2.18. The number of halogens is 2. The zero-order valence-electron chi connectivity index (χ0n) is 13.1. The van der Waals surface area contributed by atoms with Crippen LogP contribution in [0.25, 0.3) is 16.9 Å². The molecule has 0 spiro atoms. The summed E-state index contributed by atoms with van der Waals surface area (Å²) in [5, 5.41) is 11.2. The Kier molecular flexibility index (Phi) is 4.97. The van der Waals surface area contributed by atoms with Crippen LogP contribution in [0.1, 0.15) is 12.8 Å². The second kappa shape index (κ2) is 7.15. The first-order chi connectivity index (χ1) is 11.3. The number of fused-ring (bicyclic) bond motifs is 1. The van der Waals surface area contributed by atoms with Gasteiger partial charge in [-0.1, -0.05) is 12.1 Å². The molecule has 126 valence electrons. The first-order valence-corrected chi connectivity index (χ1v) is 7.88. The number of benzene rings is 1. The van der Waals surface area contributed by atoms with Gasteiger partial charge in [0.1, 0.15) is 11.6 Å². The number of rotatable bonds is 3. The lowest BCUT2D eigenvalue weighted by Crippen LogP contribution is -2.38. The summed E-state index contributed by atoms with van der Waals surface area (Å²) >= 11 is 0. The minimum Gasteiger partial charge on any atom is -0.366 e. The molecule has 2 aromatic heterocycles. The van der Waals surface area contributed by atoms with E-state index in [9.17, 15) is 4.39 Å². The van der Waals surface area contributed by atoms with Gasteiger partial charge < -0.3 is 10.6 Å². The summed E-state index contributed by atoms with van der Waals surface area (Å²) < 4.78 is 15.9. The predicted molar refractivity (Wildman–Crippen MR) is 95.1 cm³/mol. The minimum atomic E-state index is -0.269. The highest BCUT2D eigenvalue weighted by molar-refractivity contribution is 5.85. The highest BCUT2D eigenvalue weighted by Crippen LogP contribution is 2.25. The van der Waals surface area contributed by atoms with Crippen LogP contribution in [0.3, 0.4) is 0 Å². The van der Waals surface area contributed by atoms with Crippen molar-refractivity contribution < 1.29 is 4.39 Å². The Morgan fingerprint density at radius 1 is 1.25 bits per heavy atom. The molecule has 1 aliphatic rings. The normalized spacial score (nSPS) is 17.5. The second-order valence-electron chi connectivity index (χ2n) is 5.80. The Bertz CT molecular complexity index is 829. The average molecular weight is 348 g/mol. The summed E-state index contributed by atoms with van der Waals surface area (Å²) in [7, 11) is 0. The number of hydrogen-bond acceptors (Lipinski definition) is 4. The van der Waals surface area contributed by atoms with Gasteiger partial charge in [0, 0.05) is 30.3 Å². The quantitative estimate of drug-likeness (QED) is 0.764. The van der Waals surface area contributed by atoms with Crippen LogP contribution in [0.4, 0.5) is 10.2 Å². The summed E-state index contributed by atoms with van der Waals surface area (Å²) in [4.78, 5) is 4.52. The molecule has 2 N–H and O–H groups in total. The van der Waals surface area contributed by atoms with Gasteiger partial charge in [-0.3, -0.25) is 0 Å². The fourth-order valence-electron chi connectivity index (χ4n) is 3.01. The highest BCUT2D eigenvalue weighted by atomic mass is 35.5. The lowest BCUT2D eigenvalue weighted by Gasteiger charge is -2.25. The van der Waals surface area contributed by atoms with Crippen molar-refractivity contribution in [3.63, 3.8) is 0 Å². The smallest absolute Gasteiger partial charge is 0.157 e. The molecule has 0 saturated carbocycles. The Morgan fingerprint density at radius 3 is 2.92 bits per heavy atom. The number of anilines is 1. The monoisotopic (exact) mass is 347 g/mol. The third-order valence-electron chi connectivity index (χ3n) is 4.16. The van der Waals surface area contributed by atoms with E-state index in [-0.39, 0.29) is 18.2 Å². The van der Waals surface area contributed by atoms with E-state index in [1.165, 1.54) is 6.07 Å². The molecule has 3 heterocycles. The molecular formula is C17H19ClFN5. The molecule has 5 nitrogen and oxygen atoms in total. The first kappa shape index (κ1) is 16.7. The third kappa shape index (κ3) is 3.20. The van der Waals surface area contributed by atoms with Crippen molar-refractivity contribution in [1.82, 2.24) is 19.9 Å². The summed E-state index contributed by atoms with van der Waals surface area (Å²) in [6.07, 6.45) is 3.95. The highest BCUT2D eigenvalue weighted by Gasteiger charge is 2.16. The van der Waals surface area contributed by atoms with Crippen molar-refractivity contribution in [2.75, 3.05) is 18.4 Å². The maximum absolute atomic E-state index is 14.1. The fraction of sp³-hybridized carbons (Fsp3) is 0.294. The van der Waals surface area contributed by atoms with Gasteiger partial charge >= 0.3 is 0 Å². The van der Waals surface area contributed by atoms with Crippen molar-refractivity contribution in [2.24, 2.45) is 0 Å². The number of piperidine rings is 1. The van der Waals surface area contributed by atoms with Crippen molar-refractivity contribution >= 4 is 23.9 Å². The van der Waals surface area contributed by atoms with Crippen molar-refractivity contribution in [2.45, 2.75) is 18.9 Å². The SMILES string of the molecule is Cl.Fc1ccccc1-c1cc(N[C@H]2CCCNC2)n2nccc2n1. The van der Waals surface area contributed by atoms with Gasteiger partial charge in [-0.15, -0.1) is 12.4 Å². The molecule has 1 aromatic carbocycles. The van der Waals surface area contributed by atoms with E-state index < -0.39 is 0 Å². The minimum absolute atomic E-state index is 0. The maximum atomic E-state index is 14.1. The lowest BCUT2D eigenvalue weighted by atomic mass is 10.1. The predicted octanol–water partition coefficient (Wildman–Crippen LogP) is 3.12. The summed E-state index contributed by atoms with van der Waals surface area (Å²) in [6.45, 7) is 1.98. The fourth-order valence-corrected chi connectivity index (χ4v) is 3.01. The molecule has 1 aliphatic heterocycles. The average Bonchev–Trinajstić information content (AvgIpc) is 3.05. The molecule has 1 atom stereocenters. The standard InChI is InChI=1S/C17H18FN5.ClH/c18-14-6-2-1-5-13(14)15-10-17(21-12-4-3-8-19-11-12)23-16(22-15)7-9-20-23;/h1-2,5-7,9-10,12,19,21H,3-4,8,11H2;1H/t12-;/m0./s1. The largest absolute Gasteiger partial charge is 0.366 e. The zero-order chi connectivity index (χ0) is 15.6. The lowest BCUT2D eigenvalue weighted by molar-refractivity contribution is 0.478. The Balaban J connectivity index is 0.00000169.